The first-order valence-electron chi connectivity index (χ1n) is 15.9. The van der Waals surface area contributed by atoms with Gasteiger partial charge >= 0.3 is 18.3 Å². The van der Waals surface area contributed by atoms with E-state index in [1.807, 2.05) is 10.8 Å². The molecule has 3 fully saturated rings. The second-order valence-corrected chi connectivity index (χ2v) is 13.6. The lowest BCUT2D eigenvalue weighted by molar-refractivity contribution is -0.142. The number of thiophene rings is 1. The molecule has 1 atom stereocenters. The van der Waals surface area contributed by atoms with E-state index in [1.54, 1.807) is 9.80 Å². The van der Waals surface area contributed by atoms with E-state index in [0.717, 1.165) is 62.4 Å². The maximum absolute atomic E-state index is 13.9. The second kappa shape index (κ2) is 14.1. The number of phenols is 1. The zero-order valence-electron chi connectivity index (χ0n) is 25.7. The van der Waals surface area contributed by atoms with Gasteiger partial charge in [-0.2, -0.15) is 13.2 Å². The van der Waals surface area contributed by atoms with Crippen molar-refractivity contribution < 1.29 is 37.4 Å². The van der Waals surface area contributed by atoms with Crippen molar-refractivity contribution >= 4 is 46.7 Å². The monoisotopic (exact) mass is 698 g/mol. The molecule has 4 amide bonds. The minimum atomic E-state index is -4.88. The number of carbonyl (C=O) groups excluding carboxylic acids is 3. The van der Waals surface area contributed by atoms with Gasteiger partial charge in [0.05, 0.1) is 22.8 Å². The normalized spacial score (nSPS) is 20.9. The number of piperidine rings is 2. The van der Waals surface area contributed by atoms with Gasteiger partial charge in [0.25, 0.3) is 5.91 Å². The predicted molar refractivity (Wildman–Crippen MR) is 170 cm³/mol. The molecule has 0 saturated carbocycles. The molecule has 0 aliphatic carbocycles. The van der Waals surface area contributed by atoms with Crippen LogP contribution in [0.2, 0.25) is 5.02 Å². The minimum absolute atomic E-state index is 0.00426. The van der Waals surface area contributed by atoms with Crippen LogP contribution in [-0.2, 0) is 28.7 Å². The summed E-state index contributed by atoms with van der Waals surface area (Å²) in [4.78, 5) is 47.3. The van der Waals surface area contributed by atoms with E-state index in [2.05, 4.69) is 15.5 Å². The van der Waals surface area contributed by atoms with Crippen molar-refractivity contribution in [3.05, 3.63) is 44.6 Å². The lowest BCUT2D eigenvalue weighted by Gasteiger charge is -2.41. The fourth-order valence-electron chi connectivity index (χ4n) is 6.93. The van der Waals surface area contributed by atoms with Gasteiger partial charge in [0, 0.05) is 81.8 Å². The van der Waals surface area contributed by atoms with Gasteiger partial charge in [-0.15, -0.1) is 11.3 Å². The molecular formula is C31H38ClF3N6O5S. The molecular weight excluding hydrogens is 661 g/mol. The van der Waals surface area contributed by atoms with Crippen LogP contribution in [-0.4, -0.2) is 113 Å². The third kappa shape index (κ3) is 7.58. The van der Waals surface area contributed by atoms with Crippen molar-refractivity contribution in [3.63, 3.8) is 0 Å². The Labute approximate surface area is 279 Å². The summed E-state index contributed by atoms with van der Waals surface area (Å²) in [5.41, 5.74) is 0.536. The number of hydrogen-bond acceptors (Lipinski definition) is 8. The van der Waals surface area contributed by atoms with Gasteiger partial charge in [-0.25, -0.2) is 9.59 Å². The maximum atomic E-state index is 13.9. The van der Waals surface area contributed by atoms with Gasteiger partial charge in [0.1, 0.15) is 5.75 Å². The van der Waals surface area contributed by atoms with Gasteiger partial charge in [-0.05, 0) is 48.8 Å². The first kappa shape index (κ1) is 33.6. The summed E-state index contributed by atoms with van der Waals surface area (Å²) < 4.78 is 46.8. The highest BCUT2D eigenvalue weighted by Crippen LogP contribution is 2.41. The molecule has 5 heterocycles. The van der Waals surface area contributed by atoms with Crippen molar-refractivity contribution in [1.82, 2.24) is 24.9 Å². The number of rotatable bonds is 6. The third-order valence-corrected chi connectivity index (χ3v) is 10.6. The molecule has 4 aliphatic heterocycles. The fraction of sp³-hybridized carbons (Fsp3) is 0.581. The molecule has 1 aromatic carbocycles. The summed E-state index contributed by atoms with van der Waals surface area (Å²) >= 11 is 7.48. The Hall–Kier alpha value is -3.27. The quantitative estimate of drug-likeness (QED) is 0.405. The van der Waals surface area contributed by atoms with Crippen LogP contribution in [0.1, 0.15) is 42.4 Å². The topological polar surface area (TPSA) is 118 Å². The Morgan fingerprint density at radius 1 is 1.00 bits per heavy atom. The molecule has 3 N–H and O–H groups in total. The summed E-state index contributed by atoms with van der Waals surface area (Å²) in [6.07, 6.45) is -4.90. The fourth-order valence-corrected chi connectivity index (χ4v) is 7.96. The van der Waals surface area contributed by atoms with Crippen molar-refractivity contribution in [2.24, 2.45) is 0 Å². The standard InChI is InChI=1S/C31H38ClF3N6O5S/c32-24-14-19(13-23(27(24)42)31(33,34)35)15-26(28(43)39-7-1-21(2-8-39)38-11-5-36-6-12-38)46-30(45)40-9-3-22(4-10-40)41-16-20-17-47-18-25(20)37-29(41)44/h13-14,17-18,21-22,26,36,42H,1-12,15-16H2,(H,37,44)/t26-/m1/s1. The first-order valence-corrected chi connectivity index (χ1v) is 17.2. The van der Waals surface area contributed by atoms with Gasteiger partial charge in [0.2, 0.25) is 0 Å². The number of ether oxygens (including phenoxy) is 1. The number of benzene rings is 1. The van der Waals surface area contributed by atoms with Crippen LogP contribution in [0.4, 0.5) is 28.4 Å². The Kier molecular flexibility index (Phi) is 10.1. The Morgan fingerprint density at radius 3 is 2.34 bits per heavy atom. The number of alkyl halides is 3. The highest BCUT2D eigenvalue weighted by Gasteiger charge is 2.39. The largest absolute Gasteiger partial charge is 0.506 e. The number of nitrogens with zero attached hydrogens (tertiary/aromatic N) is 4. The predicted octanol–water partition coefficient (Wildman–Crippen LogP) is 4.58. The molecule has 0 bridgehead atoms. The molecule has 16 heteroatoms. The molecule has 0 unspecified atom stereocenters. The first-order chi connectivity index (χ1) is 22.5. The van der Waals surface area contributed by atoms with E-state index in [1.165, 1.54) is 16.2 Å². The van der Waals surface area contributed by atoms with Crippen LogP contribution < -0.4 is 10.6 Å². The highest BCUT2D eigenvalue weighted by molar-refractivity contribution is 7.08. The number of phenolic OH excluding ortho intramolecular Hbond substituents is 1. The van der Waals surface area contributed by atoms with Gasteiger partial charge < -0.3 is 35.2 Å². The molecule has 256 valence electrons. The Morgan fingerprint density at radius 2 is 1.66 bits per heavy atom. The van der Waals surface area contributed by atoms with Gasteiger partial charge in [0.15, 0.2) is 6.10 Å². The lowest BCUT2D eigenvalue weighted by atomic mass is 9.99. The maximum Gasteiger partial charge on any atom is 0.420 e. The van der Waals surface area contributed by atoms with Gasteiger partial charge in [-0.1, -0.05) is 11.6 Å². The Balaban J connectivity index is 1.13. The number of anilines is 1. The van der Waals surface area contributed by atoms with Crippen LogP contribution in [0, 0.1) is 0 Å². The van der Waals surface area contributed by atoms with E-state index < -0.39 is 40.6 Å². The Bertz CT molecular complexity index is 1470. The van der Waals surface area contributed by atoms with E-state index in [0.29, 0.717) is 38.5 Å². The number of likely N-dealkylation sites (tertiary alicyclic amines) is 2. The SMILES string of the molecule is O=C(O[C@H](Cc1cc(Cl)c(O)c(C(F)(F)F)c1)C(=O)N1CCC(N2CCNCC2)CC1)N1CCC(N2Cc3cscc3NC2=O)CC1. The zero-order valence-corrected chi connectivity index (χ0v) is 27.3. The molecule has 47 heavy (non-hydrogen) atoms. The van der Waals surface area contributed by atoms with Crippen molar-refractivity contribution in [2.45, 2.75) is 63.0 Å². The molecule has 3 saturated heterocycles. The third-order valence-electron chi connectivity index (χ3n) is 9.56. The number of urea groups is 1. The van der Waals surface area contributed by atoms with Gasteiger partial charge in [-0.3, -0.25) is 9.69 Å². The number of amides is 4. The molecule has 0 spiro atoms. The molecule has 6 rings (SSSR count). The van der Waals surface area contributed by atoms with E-state index >= 15 is 0 Å². The summed E-state index contributed by atoms with van der Waals surface area (Å²) in [5.74, 6) is -1.58. The number of aromatic hydroxyl groups is 1. The number of piperazine rings is 1. The molecule has 2 aromatic rings. The van der Waals surface area contributed by atoms with Crippen molar-refractivity contribution in [2.75, 3.05) is 57.7 Å². The van der Waals surface area contributed by atoms with E-state index in [4.69, 9.17) is 16.3 Å². The van der Waals surface area contributed by atoms with Crippen molar-refractivity contribution in [1.29, 1.82) is 0 Å². The number of carbonyl (C=O) groups is 3. The smallest absolute Gasteiger partial charge is 0.420 e. The highest BCUT2D eigenvalue weighted by atomic mass is 35.5. The average Bonchev–Trinajstić information content (AvgIpc) is 3.52. The average molecular weight is 699 g/mol. The summed E-state index contributed by atoms with van der Waals surface area (Å²) in [6.45, 7) is 5.58. The lowest BCUT2D eigenvalue weighted by Crippen LogP contribution is -2.54. The second-order valence-electron chi connectivity index (χ2n) is 12.5. The molecule has 1 aromatic heterocycles. The van der Waals surface area contributed by atoms with E-state index in [-0.39, 0.29) is 37.1 Å². The summed E-state index contributed by atoms with van der Waals surface area (Å²) in [6, 6.07) is 1.93. The summed E-state index contributed by atoms with van der Waals surface area (Å²) in [5, 5.41) is 19.6. The van der Waals surface area contributed by atoms with Crippen LogP contribution >= 0.6 is 22.9 Å². The van der Waals surface area contributed by atoms with E-state index in [9.17, 15) is 32.7 Å². The molecule has 11 nitrogen and oxygen atoms in total. The molecule has 4 aliphatic rings. The minimum Gasteiger partial charge on any atom is -0.506 e. The molecule has 0 radical (unpaired) electrons. The number of fused-ring (bicyclic) bond motifs is 1. The summed E-state index contributed by atoms with van der Waals surface area (Å²) in [7, 11) is 0. The number of halogens is 4. The van der Waals surface area contributed by atoms with Crippen LogP contribution in [0.3, 0.4) is 0 Å². The number of hydrogen-bond donors (Lipinski definition) is 3. The van der Waals surface area contributed by atoms with Crippen LogP contribution in [0.15, 0.2) is 22.9 Å². The van der Waals surface area contributed by atoms with Crippen LogP contribution in [0.5, 0.6) is 5.75 Å². The van der Waals surface area contributed by atoms with Crippen molar-refractivity contribution in [3.8, 4) is 5.75 Å². The zero-order chi connectivity index (χ0) is 33.3. The van der Waals surface area contributed by atoms with Crippen LogP contribution in [0.25, 0.3) is 0 Å². The number of nitrogens with one attached hydrogen (secondary N) is 2.